The summed E-state index contributed by atoms with van der Waals surface area (Å²) in [5.41, 5.74) is 3.25. The van der Waals surface area contributed by atoms with Crippen molar-refractivity contribution in [1.82, 2.24) is 14.9 Å². The number of hydrogen-bond donors (Lipinski definition) is 1. The molecule has 0 bridgehead atoms. The minimum atomic E-state index is -0.0500. The summed E-state index contributed by atoms with van der Waals surface area (Å²) in [5, 5.41) is 2.85. The Morgan fingerprint density at radius 1 is 1.14 bits per heavy atom. The first-order valence-electron chi connectivity index (χ1n) is 7.42. The molecule has 1 unspecified atom stereocenters. The molecule has 1 atom stereocenters. The molecule has 0 fully saturated rings. The molecule has 2 aromatic carbocycles. The van der Waals surface area contributed by atoms with Crippen molar-refractivity contribution in [1.29, 1.82) is 0 Å². The summed E-state index contributed by atoms with van der Waals surface area (Å²) in [6.07, 6.45) is 0. The van der Waals surface area contributed by atoms with Gasteiger partial charge < -0.3 is 9.88 Å². The minimum Gasteiger partial charge on any atom is -0.349 e. The maximum absolute atomic E-state index is 11.2. The van der Waals surface area contributed by atoms with E-state index >= 15 is 0 Å². The Labute approximate surface area is 129 Å². The van der Waals surface area contributed by atoms with Gasteiger partial charge in [0.15, 0.2) is 0 Å². The average molecular weight is 293 g/mol. The van der Waals surface area contributed by atoms with Gasteiger partial charge in [-0.05, 0) is 24.6 Å². The topological polar surface area (TPSA) is 46.9 Å². The summed E-state index contributed by atoms with van der Waals surface area (Å²) < 4.78 is 2.20. The number of fused-ring (bicyclic) bond motifs is 1. The highest BCUT2D eigenvalue weighted by atomic mass is 16.1. The lowest BCUT2D eigenvalue weighted by atomic mass is 10.1. The van der Waals surface area contributed by atoms with Crippen LogP contribution in [0.3, 0.4) is 0 Å². The number of nitrogens with one attached hydrogen (secondary N) is 1. The third-order valence-corrected chi connectivity index (χ3v) is 3.83. The maximum atomic E-state index is 11.2. The zero-order chi connectivity index (χ0) is 15.5. The van der Waals surface area contributed by atoms with E-state index in [1.54, 1.807) is 0 Å². The van der Waals surface area contributed by atoms with Crippen molar-refractivity contribution in [3.63, 3.8) is 0 Å². The van der Waals surface area contributed by atoms with Gasteiger partial charge in [-0.1, -0.05) is 42.5 Å². The number of hydrogen-bond acceptors (Lipinski definition) is 2. The Hall–Kier alpha value is -2.62. The maximum Gasteiger partial charge on any atom is 0.217 e. The van der Waals surface area contributed by atoms with Gasteiger partial charge in [0.2, 0.25) is 5.91 Å². The third-order valence-electron chi connectivity index (χ3n) is 3.83. The van der Waals surface area contributed by atoms with Crippen molar-refractivity contribution in [2.75, 3.05) is 0 Å². The molecular formula is C18H19N3O. The van der Waals surface area contributed by atoms with Gasteiger partial charge in [-0.15, -0.1) is 0 Å². The quantitative estimate of drug-likeness (QED) is 0.802. The van der Waals surface area contributed by atoms with E-state index in [1.807, 2.05) is 36.4 Å². The normalized spacial score (nSPS) is 12.3. The number of benzene rings is 2. The second-order valence-electron chi connectivity index (χ2n) is 5.38. The van der Waals surface area contributed by atoms with E-state index in [1.165, 1.54) is 12.5 Å². The van der Waals surface area contributed by atoms with Crippen molar-refractivity contribution < 1.29 is 4.79 Å². The fourth-order valence-electron chi connectivity index (χ4n) is 2.74. The summed E-state index contributed by atoms with van der Waals surface area (Å²) >= 11 is 0. The van der Waals surface area contributed by atoms with Crippen molar-refractivity contribution in [3.8, 4) is 0 Å². The number of amides is 1. The average Bonchev–Trinajstić information content (AvgIpc) is 2.91. The van der Waals surface area contributed by atoms with Crippen molar-refractivity contribution in [2.45, 2.75) is 26.4 Å². The predicted molar refractivity (Wildman–Crippen MR) is 87.5 cm³/mol. The fourth-order valence-corrected chi connectivity index (χ4v) is 2.74. The molecule has 1 N–H and O–H groups in total. The number of carbonyl (C=O) groups excluding carboxylic acids is 1. The van der Waals surface area contributed by atoms with E-state index in [0.29, 0.717) is 6.54 Å². The molecule has 4 heteroatoms. The Morgan fingerprint density at radius 3 is 2.55 bits per heavy atom. The molecule has 0 saturated heterocycles. The summed E-state index contributed by atoms with van der Waals surface area (Å²) in [7, 11) is 0. The van der Waals surface area contributed by atoms with E-state index in [0.717, 1.165) is 16.9 Å². The molecule has 112 valence electrons. The standard InChI is InChI=1S/C18H19N3O/c1-13(15-8-4-3-5-9-15)21-17-11-7-6-10-16(17)20-18(21)12-19-14(2)22/h3-11,13H,12H2,1-2H3,(H,19,22). The van der Waals surface area contributed by atoms with Crippen LogP contribution in [0.4, 0.5) is 0 Å². The number of nitrogens with zero attached hydrogens (tertiary/aromatic N) is 2. The van der Waals surface area contributed by atoms with Gasteiger partial charge in [0.05, 0.1) is 23.6 Å². The second kappa shape index (κ2) is 6.02. The third kappa shape index (κ3) is 2.72. The zero-order valence-electron chi connectivity index (χ0n) is 12.8. The Kier molecular flexibility index (Phi) is 3.92. The first kappa shape index (κ1) is 14.3. The lowest BCUT2D eigenvalue weighted by Gasteiger charge is -2.18. The molecule has 4 nitrogen and oxygen atoms in total. The van der Waals surface area contributed by atoms with Crippen LogP contribution in [0.2, 0.25) is 0 Å². The number of rotatable bonds is 4. The second-order valence-corrected chi connectivity index (χ2v) is 5.38. The molecule has 0 aliphatic carbocycles. The van der Waals surface area contributed by atoms with Crippen LogP contribution in [0.1, 0.15) is 31.3 Å². The molecule has 0 saturated carbocycles. The van der Waals surface area contributed by atoms with Gasteiger partial charge >= 0.3 is 0 Å². The van der Waals surface area contributed by atoms with Crippen molar-refractivity contribution in [2.24, 2.45) is 0 Å². The van der Waals surface area contributed by atoms with Crippen LogP contribution >= 0.6 is 0 Å². The van der Waals surface area contributed by atoms with Crippen LogP contribution in [0, 0.1) is 0 Å². The largest absolute Gasteiger partial charge is 0.349 e. The van der Waals surface area contributed by atoms with Gasteiger partial charge in [-0.3, -0.25) is 4.79 Å². The summed E-state index contributed by atoms with van der Waals surface area (Å²) in [6.45, 7) is 4.11. The highest BCUT2D eigenvalue weighted by Gasteiger charge is 2.16. The molecule has 1 aromatic heterocycles. The Morgan fingerprint density at radius 2 is 1.82 bits per heavy atom. The highest BCUT2D eigenvalue weighted by molar-refractivity contribution is 5.77. The van der Waals surface area contributed by atoms with Gasteiger partial charge in [-0.25, -0.2) is 4.98 Å². The Bertz CT molecular complexity index is 792. The lowest BCUT2D eigenvalue weighted by molar-refractivity contribution is -0.119. The number of para-hydroxylation sites is 2. The molecule has 1 heterocycles. The summed E-state index contributed by atoms with van der Waals surface area (Å²) in [6, 6.07) is 18.5. The molecule has 0 aliphatic heterocycles. The van der Waals surface area contributed by atoms with Gasteiger partial charge in [0.25, 0.3) is 0 Å². The molecule has 0 radical (unpaired) electrons. The molecule has 3 aromatic rings. The Balaban J connectivity index is 2.09. The molecule has 3 rings (SSSR count). The fraction of sp³-hybridized carbons (Fsp3) is 0.222. The smallest absolute Gasteiger partial charge is 0.217 e. The number of aromatic nitrogens is 2. The summed E-state index contributed by atoms with van der Waals surface area (Å²) in [4.78, 5) is 15.9. The van der Waals surface area contributed by atoms with Crippen LogP contribution in [0.5, 0.6) is 0 Å². The van der Waals surface area contributed by atoms with Crippen LogP contribution in [0.15, 0.2) is 54.6 Å². The molecule has 0 aliphatic rings. The van der Waals surface area contributed by atoms with E-state index in [2.05, 4.69) is 40.0 Å². The zero-order valence-corrected chi connectivity index (χ0v) is 12.8. The van der Waals surface area contributed by atoms with Crippen LogP contribution in [-0.2, 0) is 11.3 Å². The first-order chi connectivity index (χ1) is 10.7. The first-order valence-corrected chi connectivity index (χ1v) is 7.42. The van der Waals surface area contributed by atoms with Crippen LogP contribution < -0.4 is 5.32 Å². The molecular weight excluding hydrogens is 274 g/mol. The highest BCUT2D eigenvalue weighted by Crippen LogP contribution is 2.25. The molecule has 22 heavy (non-hydrogen) atoms. The lowest BCUT2D eigenvalue weighted by Crippen LogP contribution is -2.22. The van der Waals surface area contributed by atoms with Crippen LogP contribution in [0.25, 0.3) is 11.0 Å². The van der Waals surface area contributed by atoms with E-state index in [9.17, 15) is 4.79 Å². The van der Waals surface area contributed by atoms with Crippen LogP contribution in [-0.4, -0.2) is 15.5 Å². The van der Waals surface area contributed by atoms with E-state index in [-0.39, 0.29) is 11.9 Å². The van der Waals surface area contributed by atoms with Crippen molar-refractivity contribution >= 4 is 16.9 Å². The number of imidazole rings is 1. The van der Waals surface area contributed by atoms with E-state index < -0.39 is 0 Å². The van der Waals surface area contributed by atoms with Gasteiger partial charge in [0.1, 0.15) is 5.82 Å². The minimum absolute atomic E-state index is 0.0500. The van der Waals surface area contributed by atoms with Gasteiger partial charge in [-0.2, -0.15) is 0 Å². The van der Waals surface area contributed by atoms with Gasteiger partial charge in [0, 0.05) is 6.92 Å². The summed E-state index contributed by atoms with van der Waals surface area (Å²) in [5.74, 6) is 0.818. The van der Waals surface area contributed by atoms with E-state index in [4.69, 9.17) is 0 Å². The molecule has 0 spiro atoms. The predicted octanol–water partition coefficient (Wildman–Crippen LogP) is 3.28. The molecule has 1 amide bonds. The monoisotopic (exact) mass is 293 g/mol. The number of carbonyl (C=O) groups is 1. The SMILES string of the molecule is CC(=O)NCc1nc2ccccc2n1C(C)c1ccccc1. The van der Waals surface area contributed by atoms with Crippen molar-refractivity contribution in [3.05, 3.63) is 66.0 Å².